The van der Waals surface area contributed by atoms with Crippen molar-refractivity contribution in [2.45, 2.75) is 77.7 Å². The summed E-state index contributed by atoms with van der Waals surface area (Å²) < 4.78 is 0. The van der Waals surface area contributed by atoms with Crippen LogP contribution < -0.4 is 0 Å². The van der Waals surface area contributed by atoms with E-state index in [-0.39, 0.29) is 0 Å². The lowest BCUT2D eigenvalue weighted by molar-refractivity contribution is -0.100. The summed E-state index contributed by atoms with van der Waals surface area (Å²) in [5.74, 6) is 0.642. The van der Waals surface area contributed by atoms with E-state index in [1.165, 1.54) is 0 Å². The van der Waals surface area contributed by atoms with Crippen LogP contribution in [-0.4, -0.2) is 10.7 Å². The summed E-state index contributed by atoms with van der Waals surface area (Å²) in [7, 11) is 0. The molecule has 2 heteroatoms. The van der Waals surface area contributed by atoms with Gasteiger partial charge in [0.15, 0.2) is 0 Å². The molecule has 0 radical (unpaired) electrons. The normalized spacial score (nSPS) is 38.3. The van der Waals surface area contributed by atoms with Gasteiger partial charge in [-0.3, -0.25) is 0 Å². The van der Waals surface area contributed by atoms with Crippen molar-refractivity contribution >= 4 is 0 Å². The molecule has 1 N–H and O–H groups in total. The highest BCUT2D eigenvalue weighted by Gasteiger charge is 2.55. The van der Waals surface area contributed by atoms with E-state index in [0.29, 0.717) is 11.3 Å². The molecule has 0 amide bonds. The molecule has 18 heavy (non-hydrogen) atoms. The zero-order chi connectivity index (χ0) is 13.4. The topological polar surface area (TPSA) is 44.0 Å². The van der Waals surface area contributed by atoms with Gasteiger partial charge in [0, 0.05) is 0 Å². The molecule has 0 saturated heterocycles. The van der Waals surface area contributed by atoms with E-state index in [1.54, 1.807) is 0 Å². The van der Waals surface area contributed by atoms with Crippen LogP contribution in [0.3, 0.4) is 0 Å². The van der Waals surface area contributed by atoms with Gasteiger partial charge >= 0.3 is 0 Å². The number of nitriles is 1. The number of hydrogen-bond donors (Lipinski definition) is 1. The minimum absolute atomic E-state index is 0.339. The van der Waals surface area contributed by atoms with Crippen molar-refractivity contribution in [1.29, 1.82) is 5.26 Å². The molecule has 2 unspecified atom stereocenters. The van der Waals surface area contributed by atoms with Crippen molar-refractivity contribution in [3.8, 4) is 6.07 Å². The van der Waals surface area contributed by atoms with Crippen LogP contribution in [0.4, 0.5) is 0 Å². The molecule has 0 aliphatic heterocycles. The maximum Gasteiger partial charge on any atom is 0.0863 e. The SMILES string of the molecule is CCC1CCC(C#N)(C2(O)CCC(C)(C)CC2)C1. The maximum atomic E-state index is 11.0. The van der Waals surface area contributed by atoms with Crippen molar-refractivity contribution < 1.29 is 5.11 Å². The van der Waals surface area contributed by atoms with E-state index in [9.17, 15) is 10.4 Å². The average molecular weight is 249 g/mol. The average Bonchev–Trinajstić information content (AvgIpc) is 2.79. The first-order valence-electron chi connectivity index (χ1n) is 7.50. The first kappa shape index (κ1) is 13.9. The fourth-order valence-electron chi connectivity index (χ4n) is 3.94. The van der Waals surface area contributed by atoms with Crippen molar-refractivity contribution in [3.63, 3.8) is 0 Å². The molecule has 2 aliphatic rings. The highest BCUT2D eigenvalue weighted by atomic mass is 16.3. The van der Waals surface area contributed by atoms with Crippen LogP contribution in [0.25, 0.3) is 0 Å². The van der Waals surface area contributed by atoms with Crippen molar-refractivity contribution in [3.05, 3.63) is 0 Å². The van der Waals surface area contributed by atoms with Gasteiger partial charge in [-0.1, -0.05) is 27.2 Å². The van der Waals surface area contributed by atoms with Crippen LogP contribution >= 0.6 is 0 Å². The van der Waals surface area contributed by atoms with Gasteiger partial charge in [0.1, 0.15) is 0 Å². The molecule has 2 atom stereocenters. The van der Waals surface area contributed by atoms with Gasteiger partial charge in [0.25, 0.3) is 0 Å². The van der Waals surface area contributed by atoms with Gasteiger partial charge in [-0.25, -0.2) is 0 Å². The zero-order valence-electron chi connectivity index (χ0n) is 12.1. The summed E-state index contributed by atoms with van der Waals surface area (Å²) in [5.41, 5.74) is -0.836. The predicted octanol–water partition coefficient (Wildman–Crippen LogP) is 4.04. The Morgan fingerprint density at radius 2 is 1.78 bits per heavy atom. The Morgan fingerprint density at radius 1 is 1.17 bits per heavy atom. The number of hydrogen-bond acceptors (Lipinski definition) is 2. The molecular formula is C16H27NO. The minimum Gasteiger partial charge on any atom is -0.388 e. The van der Waals surface area contributed by atoms with Crippen LogP contribution in [0.15, 0.2) is 0 Å². The maximum absolute atomic E-state index is 11.0. The van der Waals surface area contributed by atoms with Gasteiger partial charge < -0.3 is 5.11 Å². The van der Waals surface area contributed by atoms with Gasteiger partial charge in [0.2, 0.25) is 0 Å². The molecule has 102 valence electrons. The Morgan fingerprint density at radius 3 is 2.22 bits per heavy atom. The molecule has 0 heterocycles. The summed E-state index contributed by atoms with van der Waals surface area (Å²) in [4.78, 5) is 0. The lowest BCUT2D eigenvalue weighted by Crippen LogP contribution is -2.49. The highest BCUT2D eigenvalue weighted by molar-refractivity contribution is 5.16. The molecular weight excluding hydrogens is 222 g/mol. The van der Waals surface area contributed by atoms with Crippen LogP contribution in [0.1, 0.15) is 72.1 Å². The largest absolute Gasteiger partial charge is 0.388 e. The van der Waals surface area contributed by atoms with Gasteiger partial charge in [0.05, 0.1) is 17.1 Å². The quantitative estimate of drug-likeness (QED) is 0.802. The van der Waals surface area contributed by atoms with E-state index < -0.39 is 11.0 Å². The summed E-state index contributed by atoms with van der Waals surface area (Å²) in [6.45, 7) is 6.75. The molecule has 2 aliphatic carbocycles. The standard InChI is InChI=1S/C16H27NO/c1-4-13-5-6-15(11-13,12-17)16(18)9-7-14(2,3)8-10-16/h13,18H,4-11H2,1-3H3. The van der Waals surface area contributed by atoms with Gasteiger partial charge in [-0.15, -0.1) is 0 Å². The van der Waals surface area contributed by atoms with Crippen LogP contribution in [-0.2, 0) is 0 Å². The fraction of sp³-hybridized carbons (Fsp3) is 0.938. The Balaban J connectivity index is 2.17. The Labute approximate surface area is 111 Å². The van der Waals surface area contributed by atoms with Crippen LogP contribution in [0, 0.1) is 28.1 Å². The molecule has 2 fully saturated rings. The molecule has 0 aromatic rings. The number of nitrogens with zero attached hydrogens (tertiary/aromatic N) is 1. The lowest BCUT2D eigenvalue weighted by Gasteiger charge is -2.47. The zero-order valence-corrected chi connectivity index (χ0v) is 12.1. The Bertz CT molecular complexity index is 345. The number of aliphatic hydroxyl groups is 1. The first-order valence-corrected chi connectivity index (χ1v) is 7.50. The van der Waals surface area contributed by atoms with E-state index in [0.717, 1.165) is 51.4 Å². The third kappa shape index (κ3) is 2.18. The molecule has 0 spiro atoms. The molecule has 2 nitrogen and oxygen atoms in total. The second kappa shape index (κ2) is 4.53. The van der Waals surface area contributed by atoms with Crippen molar-refractivity contribution in [2.24, 2.45) is 16.7 Å². The van der Waals surface area contributed by atoms with Crippen LogP contribution in [0.5, 0.6) is 0 Å². The number of rotatable bonds is 2. The first-order chi connectivity index (χ1) is 8.36. The van der Waals surface area contributed by atoms with Crippen LogP contribution in [0.2, 0.25) is 0 Å². The minimum atomic E-state index is -0.721. The van der Waals surface area contributed by atoms with Gasteiger partial charge in [-0.05, 0) is 56.3 Å². The third-order valence-corrected chi connectivity index (χ3v) is 5.73. The molecule has 2 saturated carbocycles. The molecule has 0 bridgehead atoms. The molecule has 2 rings (SSSR count). The monoisotopic (exact) mass is 249 g/mol. The Kier molecular flexibility index (Phi) is 3.49. The second-order valence-electron chi connectivity index (χ2n) is 7.41. The third-order valence-electron chi connectivity index (χ3n) is 5.73. The van der Waals surface area contributed by atoms with Gasteiger partial charge in [-0.2, -0.15) is 5.26 Å². The van der Waals surface area contributed by atoms with E-state index in [1.807, 2.05) is 0 Å². The molecule has 0 aromatic heterocycles. The van der Waals surface area contributed by atoms with E-state index >= 15 is 0 Å². The highest BCUT2D eigenvalue weighted by Crippen LogP contribution is 2.56. The van der Waals surface area contributed by atoms with E-state index in [2.05, 4.69) is 26.8 Å². The summed E-state index contributed by atoms with van der Waals surface area (Å²) >= 11 is 0. The predicted molar refractivity (Wildman–Crippen MR) is 72.9 cm³/mol. The Hall–Kier alpha value is -0.550. The van der Waals surface area contributed by atoms with E-state index in [4.69, 9.17) is 0 Å². The fourth-order valence-corrected chi connectivity index (χ4v) is 3.94. The van der Waals surface area contributed by atoms with Crippen molar-refractivity contribution in [2.75, 3.05) is 0 Å². The lowest BCUT2D eigenvalue weighted by atomic mass is 9.60. The summed E-state index contributed by atoms with van der Waals surface area (Å²) in [6, 6.07) is 2.53. The smallest absolute Gasteiger partial charge is 0.0863 e. The molecule has 0 aromatic carbocycles. The van der Waals surface area contributed by atoms with Crippen molar-refractivity contribution in [1.82, 2.24) is 0 Å². The second-order valence-corrected chi connectivity index (χ2v) is 7.41. The summed E-state index contributed by atoms with van der Waals surface area (Å²) in [6.07, 6.45) is 7.79. The summed E-state index contributed by atoms with van der Waals surface area (Å²) in [5, 5.41) is 20.7.